The Morgan fingerprint density at radius 3 is 1.39 bits per heavy atom. The van der Waals surface area contributed by atoms with E-state index in [2.05, 4.69) is 310 Å². The molecule has 11 rings (SSSR count). The topological polar surface area (TPSA) is 31.8 Å². The second-order valence-electron chi connectivity index (χ2n) is 29.1. The third-order valence-electron chi connectivity index (χ3n) is 16.6. The molecule has 0 bridgehead atoms. The third kappa shape index (κ3) is 11.4. The summed E-state index contributed by atoms with van der Waals surface area (Å²) in [5.74, 6) is 1.90. The number of pyridine rings is 1. The van der Waals surface area contributed by atoms with E-state index in [9.17, 15) is 0 Å². The Bertz CT molecular complexity index is 3860. The molecule has 0 saturated carbocycles. The van der Waals surface area contributed by atoms with Crippen LogP contribution >= 0.6 is 0 Å². The zero-order chi connectivity index (χ0) is 59.3. The first-order valence-electron chi connectivity index (χ1n) is 29.6. The average molecular weight is 1290 g/mol. The summed E-state index contributed by atoms with van der Waals surface area (Å²) in [4.78, 5) is 11.9. The van der Waals surface area contributed by atoms with Gasteiger partial charge in [-0.3, -0.25) is 0 Å². The van der Waals surface area contributed by atoms with Gasteiger partial charge in [0, 0.05) is 56.8 Å². The van der Waals surface area contributed by atoms with Crippen LogP contribution in [0.3, 0.4) is 0 Å². The van der Waals surface area contributed by atoms with Crippen LogP contribution in [0.4, 0.5) is 39.9 Å². The largest absolute Gasteiger partial charge is 4.00 e. The quantitative estimate of drug-likeness (QED) is 0.149. The molecule has 0 spiro atoms. The van der Waals surface area contributed by atoms with Crippen LogP contribution < -0.4 is 19.4 Å². The van der Waals surface area contributed by atoms with Crippen molar-refractivity contribution < 1.29 is 25.8 Å². The maximum atomic E-state index is 6.97. The van der Waals surface area contributed by atoms with Gasteiger partial charge in [0.1, 0.15) is 0 Å². The fourth-order valence-electron chi connectivity index (χ4n) is 11.8. The van der Waals surface area contributed by atoms with Gasteiger partial charge in [-0.05, 0) is 102 Å². The first kappa shape index (κ1) is 59.9. The van der Waals surface area contributed by atoms with Crippen molar-refractivity contribution in [2.45, 2.75) is 157 Å². The summed E-state index contributed by atoms with van der Waals surface area (Å²) in [6, 6.07) is 67.6. The summed E-state index contributed by atoms with van der Waals surface area (Å²) >= 11 is 0. The molecule has 0 aliphatic carbocycles. The van der Waals surface area contributed by atoms with Gasteiger partial charge in [-0.2, -0.15) is 18.2 Å². The Balaban J connectivity index is 0.00000786. The third-order valence-corrected chi connectivity index (χ3v) is 16.6. The van der Waals surface area contributed by atoms with Gasteiger partial charge >= 0.3 is 21.1 Å². The normalized spacial score (nSPS) is 13.6. The molecule has 0 radical (unpaired) electrons. The van der Waals surface area contributed by atoms with E-state index in [1.54, 1.807) is 0 Å². The SMILES string of the molecule is CC(C)(C)c1c[c-]nc(N2c3[c-]c(Oc4[c-]c(N5[CH-]N(c6c(-c7cc(C(C)(C)C)ccc7C(C)(C)C)cc(C(C)(C)C)cc6-c6cc(C(C)(C)C)ccc6C(C)(C)C)c6ccccc65)ccc4)ccc3-c3ccccc3-c3ccccc32)c1.[Pt+4]. The zero-order valence-corrected chi connectivity index (χ0v) is 55.0. The van der Waals surface area contributed by atoms with Gasteiger partial charge in [-0.15, -0.1) is 59.9 Å². The summed E-state index contributed by atoms with van der Waals surface area (Å²) in [5.41, 5.74) is 22.2. The Hall–Kier alpha value is -7.20. The van der Waals surface area contributed by atoms with E-state index in [1.807, 2.05) is 18.2 Å². The predicted molar refractivity (Wildman–Crippen MR) is 351 cm³/mol. The Kier molecular flexibility index (Phi) is 15.5. The number of aromatic nitrogens is 1. The molecule has 2 aliphatic heterocycles. The number of para-hydroxylation sites is 3. The molecule has 3 heterocycles. The molecule has 6 heteroatoms. The van der Waals surface area contributed by atoms with Gasteiger partial charge in [0.2, 0.25) is 0 Å². The maximum Gasteiger partial charge on any atom is 4.00 e. The van der Waals surface area contributed by atoms with Gasteiger partial charge < -0.3 is 24.4 Å². The molecule has 0 saturated heterocycles. The van der Waals surface area contributed by atoms with Gasteiger partial charge in [-0.25, -0.2) is 0 Å². The molecule has 8 aromatic carbocycles. The molecule has 84 heavy (non-hydrogen) atoms. The van der Waals surface area contributed by atoms with Crippen molar-refractivity contribution in [3.63, 3.8) is 0 Å². The van der Waals surface area contributed by atoms with Crippen molar-refractivity contribution in [3.8, 4) is 56.0 Å². The standard InChI is InChI=1S/C78H82N4O.Pt/c1-73(2,3)50-34-38-65(77(13,14)15)61(42-50)63-44-53(76(10,11)12)45-64(62-43-51(74(4,5)6)35-39-66(62)78(16,17)18)72(63)81-49-80(68-32-23-24-33-69(68)81)54-26-25-27-55(47-54)83-56-36-37-60-58-29-20-19-28-57(58)59-30-21-22-31-67(59)82(70(60)48-56)71-46-52(40-41-79-71)75(7,8)9;/h19-40,42-46,49H,1-18H3;/q-4;+4. The predicted octanol–water partition coefficient (Wildman–Crippen LogP) is 21.9. The summed E-state index contributed by atoms with van der Waals surface area (Å²) in [6.07, 6.45) is 3.25. The number of rotatable bonds is 7. The second kappa shape index (κ2) is 21.7. The van der Waals surface area contributed by atoms with Gasteiger partial charge in [0.15, 0.2) is 0 Å². The van der Waals surface area contributed by atoms with E-state index in [4.69, 9.17) is 9.72 Å². The number of nitrogens with zero attached hydrogens (tertiary/aromatic N) is 4. The fraction of sp³-hybridized carbons (Fsp3) is 0.308. The van der Waals surface area contributed by atoms with Gasteiger partial charge in [0.05, 0.1) is 0 Å². The number of anilines is 7. The van der Waals surface area contributed by atoms with E-state index in [0.29, 0.717) is 11.5 Å². The first-order valence-corrected chi connectivity index (χ1v) is 29.6. The summed E-state index contributed by atoms with van der Waals surface area (Å²) in [6.45, 7) is 44.1. The van der Waals surface area contributed by atoms with Gasteiger partial charge in [-0.1, -0.05) is 238 Å². The minimum Gasteiger partial charge on any atom is -0.509 e. The van der Waals surface area contributed by atoms with E-state index in [0.717, 1.165) is 67.8 Å². The Morgan fingerprint density at radius 2 is 0.857 bits per heavy atom. The van der Waals surface area contributed by atoms with Crippen molar-refractivity contribution in [2.24, 2.45) is 0 Å². The van der Waals surface area contributed by atoms with Crippen LogP contribution in [0.1, 0.15) is 158 Å². The van der Waals surface area contributed by atoms with E-state index in [1.165, 1.54) is 50.1 Å². The minimum absolute atomic E-state index is 0. The van der Waals surface area contributed by atoms with Crippen LogP contribution in [0, 0.1) is 25.0 Å². The van der Waals surface area contributed by atoms with Crippen molar-refractivity contribution in [2.75, 3.05) is 14.7 Å². The zero-order valence-electron chi connectivity index (χ0n) is 52.7. The Morgan fingerprint density at radius 1 is 0.381 bits per heavy atom. The number of hydrogen-bond acceptors (Lipinski definition) is 5. The smallest absolute Gasteiger partial charge is 0.509 e. The molecule has 5 nitrogen and oxygen atoms in total. The monoisotopic (exact) mass is 1290 g/mol. The molecule has 0 atom stereocenters. The van der Waals surface area contributed by atoms with Crippen LogP contribution in [-0.4, -0.2) is 4.98 Å². The second-order valence-corrected chi connectivity index (χ2v) is 29.1. The molecule has 9 aromatic rings. The average Bonchev–Trinajstić information content (AvgIpc) is 1.74. The van der Waals surface area contributed by atoms with Crippen molar-refractivity contribution in [1.29, 1.82) is 0 Å². The van der Waals surface area contributed by atoms with E-state index in [-0.39, 0.29) is 53.6 Å². The molecule has 1 aromatic heterocycles. The van der Waals surface area contributed by atoms with Crippen LogP contribution in [-0.2, 0) is 53.6 Å². The first-order chi connectivity index (χ1) is 38.9. The fourth-order valence-corrected chi connectivity index (χ4v) is 11.8. The molecule has 430 valence electrons. The molecule has 2 aliphatic rings. The van der Waals surface area contributed by atoms with Gasteiger partial charge in [0.25, 0.3) is 0 Å². The van der Waals surface area contributed by atoms with Crippen LogP contribution in [0.25, 0.3) is 44.5 Å². The van der Waals surface area contributed by atoms with Crippen molar-refractivity contribution in [3.05, 3.63) is 222 Å². The molecule has 0 fully saturated rings. The number of ether oxygens (including phenoxy) is 1. The Labute approximate surface area is 517 Å². The summed E-state index contributed by atoms with van der Waals surface area (Å²) in [5, 5.41) is 0. The molecular weight excluding hydrogens is 1200 g/mol. The molecule has 0 amide bonds. The molecular formula is C78H82N4OPt. The van der Waals surface area contributed by atoms with Crippen molar-refractivity contribution in [1.82, 2.24) is 4.98 Å². The number of hydrogen-bond donors (Lipinski definition) is 0. The summed E-state index contributed by atoms with van der Waals surface area (Å²) in [7, 11) is 0. The number of fused-ring (bicyclic) bond motifs is 6. The van der Waals surface area contributed by atoms with Crippen LogP contribution in [0.2, 0.25) is 0 Å². The maximum absolute atomic E-state index is 6.97. The summed E-state index contributed by atoms with van der Waals surface area (Å²) < 4.78 is 6.97. The molecule has 0 N–H and O–H groups in total. The minimum atomic E-state index is -0.169. The molecule has 0 unspecified atom stereocenters. The van der Waals surface area contributed by atoms with E-state index >= 15 is 0 Å². The van der Waals surface area contributed by atoms with E-state index < -0.39 is 0 Å². The van der Waals surface area contributed by atoms with Crippen LogP contribution in [0.5, 0.6) is 11.5 Å². The van der Waals surface area contributed by atoms with Crippen LogP contribution in [0.15, 0.2) is 164 Å². The van der Waals surface area contributed by atoms with Crippen molar-refractivity contribution >= 4 is 39.9 Å². The number of benzene rings is 8.